The zero-order valence-corrected chi connectivity index (χ0v) is 12.6. The number of hydrogen-bond donors (Lipinski definition) is 3. The van der Waals surface area contributed by atoms with Crippen molar-refractivity contribution in [3.63, 3.8) is 0 Å². The van der Waals surface area contributed by atoms with Crippen molar-refractivity contribution < 1.29 is 13.5 Å². The van der Waals surface area contributed by atoms with Crippen molar-refractivity contribution in [2.24, 2.45) is 0 Å². The van der Waals surface area contributed by atoms with Crippen LogP contribution in [0.5, 0.6) is 0 Å². The largest absolute Gasteiger partial charge is 0.395 e. The van der Waals surface area contributed by atoms with E-state index in [4.69, 9.17) is 11.6 Å². The standard InChI is InChI=1S/C10H17ClN2O3S2/c1-3-7(12-2)8(6-14)13-18(15,16)10-5-4-9(11)17-10/h4-5,7-8,12-14H,3,6H2,1-2H3/t7?,8-/m0/s1. The molecule has 1 rings (SSSR count). The molecule has 3 N–H and O–H groups in total. The van der Waals surface area contributed by atoms with Crippen molar-refractivity contribution in [3.8, 4) is 0 Å². The summed E-state index contributed by atoms with van der Waals surface area (Å²) in [5.41, 5.74) is 0. The highest BCUT2D eigenvalue weighted by Crippen LogP contribution is 2.25. The summed E-state index contributed by atoms with van der Waals surface area (Å²) in [7, 11) is -1.90. The summed E-state index contributed by atoms with van der Waals surface area (Å²) >= 11 is 6.71. The number of halogens is 1. The van der Waals surface area contributed by atoms with Gasteiger partial charge >= 0.3 is 0 Å². The smallest absolute Gasteiger partial charge is 0.250 e. The van der Waals surface area contributed by atoms with Gasteiger partial charge in [0.05, 0.1) is 17.0 Å². The maximum absolute atomic E-state index is 12.1. The molecule has 0 spiro atoms. The molecule has 0 aromatic carbocycles. The Labute approximate surface area is 116 Å². The first kappa shape index (κ1) is 15.9. The molecule has 1 aromatic rings. The Balaban J connectivity index is 2.87. The molecule has 1 unspecified atom stereocenters. The molecule has 0 saturated carbocycles. The SMILES string of the molecule is CCC(NC)[C@H](CO)NS(=O)(=O)c1ccc(Cl)s1. The Morgan fingerprint density at radius 1 is 1.44 bits per heavy atom. The average Bonchev–Trinajstić information content (AvgIpc) is 2.76. The second-order valence-electron chi connectivity index (χ2n) is 3.77. The first-order valence-corrected chi connectivity index (χ1v) is 8.18. The first-order chi connectivity index (χ1) is 8.44. The number of aliphatic hydroxyl groups excluding tert-OH is 1. The van der Waals surface area contributed by atoms with Gasteiger partial charge in [-0.05, 0) is 25.6 Å². The van der Waals surface area contributed by atoms with E-state index in [0.717, 1.165) is 11.3 Å². The van der Waals surface area contributed by atoms with Crippen molar-refractivity contribution in [2.45, 2.75) is 29.6 Å². The first-order valence-electron chi connectivity index (χ1n) is 5.50. The van der Waals surface area contributed by atoms with E-state index < -0.39 is 16.1 Å². The summed E-state index contributed by atoms with van der Waals surface area (Å²) in [6.45, 7) is 1.65. The molecule has 0 fully saturated rings. The quantitative estimate of drug-likeness (QED) is 0.703. The number of sulfonamides is 1. The van der Waals surface area contributed by atoms with Crippen LogP contribution in [0.15, 0.2) is 16.3 Å². The molecule has 8 heteroatoms. The molecule has 0 radical (unpaired) electrons. The molecular weight excluding hydrogens is 296 g/mol. The number of thiophene rings is 1. The summed E-state index contributed by atoms with van der Waals surface area (Å²) in [5.74, 6) is 0. The van der Waals surface area contributed by atoms with Gasteiger partial charge in [-0.1, -0.05) is 18.5 Å². The van der Waals surface area contributed by atoms with E-state index in [9.17, 15) is 13.5 Å². The van der Waals surface area contributed by atoms with Gasteiger partial charge in [-0.3, -0.25) is 0 Å². The Bertz CT molecular complexity index is 471. The van der Waals surface area contributed by atoms with E-state index >= 15 is 0 Å². The molecule has 0 amide bonds. The summed E-state index contributed by atoms with van der Waals surface area (Å²) in [4.78, 5) is 0. The lowest BCUT2D eigenvalue weighted by molar-refractivity contribution is 0.227. The van der Waals surface area contributed by atoms with E-state index in [0.29, 0.717) is 10.8 Å². The van der Waals surface area contributed by atoms with Crippen LogP contribution < -0.4 is 10.0 Å². The zero-order valence-electron chi connectivity index (χ0n) is 10.2. The summed E-state index contributed by atoms with van der Waals surface area (Å²) in [6.07, 6.45) is 0.704. The summed E-state index contributed by atoms with van der Waals surface area (Å²) in [5, 5.41) is 12.3. The zero-order chi connectivity index (χ0) is 13.8. The summed E-state index contributed by atoms with van der Waals surface area (Å²) in [6, 6.07) is 2.29. The minimum Gasteiger partial charge on any atom is -0.395 e. The van der Waals surface area contributed by atoms with Gasteiger partial charge in [0.15, 0.2) is 0 Å². The Morgan fingerprint density at radius 3 is 2.50 bits per heavy atom. The molecule has 0 aliphatic heterocycles. The van der Waals surface area contributed by atoms with E-state index in [2.05, 4.69) is 10.0 Å². The second-order valence-corrected chi connectivity index (χ2v) is 7.43. The predicted molar refractivity (Wildman–Crippen MR) is 73.7 cm³/mol. The molecule has 18 heavy (non-hydrogen) atoms. The molecule has 104 valence electrons. The van der Waals surface area contributed by atoms with E-state index in [1.54, 1.807) is 7.05 Å². The molecule has 0 aliphatic carbocycles. The van der Waals surface area contributed by atoms with Crippen LogP contribution in [0, 0.1) is 0 Å². The highest BCUT2D eigenvalue weighted by atomic mass is 35.5. The lowest BCUT2D eigenvalue weighted by Gasteiger charge is -2.24. The monoisotopic (exact) mass is 312 g/mol. The van der Waals surface area contributed by atoms with Gasteiger partial charge in [-0.15, -0.1) is 11.3 Å². The highest BCUT2D eigenvalue weighted by molar-refractivity contribution is 7.91. The molecule has 0 saturated heterocycles. The number of rotatable bonds is 7. The number of nitrogens with one attached hydrogen (secondary N) is 2. The molecular formula is C10H17ClN2O3S2. The van der Waals surface area contributed by atoms with Gasteiger partial charge in [0.25, 0.3) is 0 Å². The maximum atomic E-state index is 12.1. The maximum Gasteiger partial charge on any atom is 0.250 e. The van der Waals surface area contributed by atoms with Crippen molar-refractivity contribution in [1.82, 2.24) is 10.0 Å². The highest BCUT2D eigenvalue weighted by Gasteiger charge is 2.25. The molecule has 5 nitrogen and oxygen atoms in total. The molecule has 0 bridgehead atoms. The van der Waals surface area contributed by atoms with Crippen LogP contribution in [0.4, 0.5) is 0 Å². The second kappa shape index (κ2) is 6.83. The number of aliphatic hydroxyl groups is 1. The lowest BCUT2D eigenvalue weighted by Crippen LogP contribution is -2.50. The van der Waals surface area contributed by atoms with Crippen LogP contribution in [0.3, 0.4) is 0 Å². The average molecular weight is 313 g/mol. The van der Waals surface area contributed by atoms with E-state index in [1.165, 1.54) is 12.1 Å². The van der Waals surface area contributed by atoms with Crippen molar-refractivity contribution in [1.29, 1.82) is 0 Å². The van der Waals surface area contributed by atoms with Crippen molar-refractivity contribution >= 4 is 33.0 Å². The Kier molecular flexibility index (Phi) is 6.03. The Hall–Kier alpha value is -0.180. The third-order valence-electron chi connectivity index (χ3n) is 2.61. The summed E-state index contributed by atoms with van der Waals surface area (Å²) < 4.78 is 27.2. The normalized spacial score (nSPS) is 15.6. The van der Waals surface area contributed by atoms with Crippen molar-refractivity contribution in [2.75, 3.05) is 13.7 Å². The Morgan fingerprint density at radius 2 is 2.11 bits per heavy atom. The van der Waals surface area contributed by atoms with E-state index in [1.807, 2.05) is 6.92 Å². The van der Waals surface area contributed by atoms with Crippen molar-refractivity contribution in [3.05, 3.63) is 16.5 Å². The van der Waals surface area contributed by atoms with Gasteiger partial charge in [0.1, 0.15) is 4.21 Å². The topological polar surface area (TPSA) is 78.4 Å². The minimum atomic E-state index is -3.63. The molecule has 2 atom stereocenters. The van der Waals surface area contributed by atoms with Gasteiger partial charge in [0.2, 0.25) is 10.0 Å². The van der Waals surface area contributed by atoms with Gasteiger partial charge < -0.3 is 10.4 Å². The fourth-order valence-corrected chi connectivity index (χ4v) is 4.40. The molecule has 1 heterocycles. The lowest BCUT2D eigenvalue weighted by atomic mass is 10.1. The van der Waals surface area contributed by atoms with Crippen LogP contribution in [0.2, 0.25) is 4.34 Å². The molecule has 1 aromatic heterocycles. The number of likely N-dealkylation sites (N-methyl/N-ethyl adjacent to an activating group) is 1. The third kappa shape index (κ3) is 3.91. The third-order valence-corrected chi connectivity index (χ3v) is 5.83. The van der Waals surface area contributed by atoms with Gasteiger partial charge in [-0.2, -0.15) is 0 Å². The van der Waals surface area contributed by atoms with Crippen LogP contribution in [0.25, 0.3) is 0 Å². The fraction of sp³-hybridized carbons (Fsp3) is 0.600. The van der Waals surface area contributed by atoms with Crippen LogP contribution in [0.1, 0.15) is 13.3 Å². The van der Waals surface area contributed by atoms with Gasteiger partial charge in [0, 0.05) is 6.04 Å². The van der Waals surface area contributed by atoms with Gasteiger partial charge in [-0.25, -0.2) is 13.1 Å². The number of hydrogen-bond acceptors (Lipinski definition) is 5. The molecule has 0 aliphatic rings. The predicted octanol–water partition coefficient (Wildman–Crippen LogP) is 1.04. The minimum absolute atomic E-state index is 0.125. The van der Waals surface area contributed by atoms with E-state index in [-0.39, 0.29) is 16.9 Å². The fourth-order valence-electron chi connectivity index (χ4n) is 1.64. The van der Waals surface area contributed by atoms with Crippen LogP contribution in [-0.2, 0) is 10.0 Å². The van der Waals surface area contributed by atoms with Crippen LogP contribution >= 0.6 is 22.9 Å². The van der Waals surface area contributed by atoms with Crippen LogP contribution in [-0.4, -0.2) is 39.3 Å².